The van der Waals surface area contributed by atoms with E-state index in [4.69, 9.17) is 33.7 Å². The molecular weight excluding hydrogens is 1570 g/mol. The number of hydrogen-bond acceptors (Lipinski definition) is 18. The zero-order chi connectivity index (χ0) is 75.4. The van der Waals surface area contributed by atoms with E-state index in [-0.39, 0.29) is 0 Å². The minimum Gasteiger partial charge on any atom is -0.398 e. The van der Waals surface area contributed by atoms with E-state index in [9.17, 15) is 201 Å². The highest BCUT2D eigenvalue weighted by molar-refractivity contribution is 7.87. The molecule has 0 aliphatic carbocycles. The Morgan fingerprint density at radius 1 is 0.333 bits per heavy atom. The number of rotatable bonds is 25. The molecule has 0 bridgehead atoms. The average molecular weight is 1580 g/mol. The second kappa shape index (κ2) is 34.5. The second-order valence-corrected chi connectivity index (χ2v) is 18.2. The molecule has 0 rings (SSSR count). The van der Waals surface area contributed by atoms with Crippen LogP contribution in [-0.2, 0) is 91.3 Å². The van der Waals surface area contributed by atoms with Gasteiger partial charge in [-0.3, -0.25) is 14.2 Å². The Morgan fingerprint density at radius 3 is 0.789 bits per heavy atom. The van der Waals surface area contributed by atoms with Crippen molar-refractivity contribution in [1.82, 2.24) is 0 Å². The van der Waals surface area contributed by atoms with Gasteiger partial charge >= 0.3 is 153 Å². The molecule has 0 aromatic rings. The summed E-state index contributed by atoms with van der Waals surface area (Å²) in [5.74, 6) is -27.1. The van der Waals surface area contributed by atoms with Gasteiger partial charge in [0.15, 0.2) is 26.7 Å². The fraction of sp³-hybridized carbons (Fsp3) is 0.739. The predicted molar refractivity (Wildman–Crippen MR) is 187 cm³/mol. The summed E-state index contributed by atoms with van der Waals surface area (Å²) in [6.07, 6.45) is -57.8. The first-order chi connectivity index (χ1) is 38.3. The van der Waals surface area contributed by atoms with Crippen molar-refractivity contribution in [3.05, 3.63) is 36.3 Å². The van der Waals surface area contributed by atoms with E-state index >= 15 is 0 Å². The van der Waals surface area contributed by atoms with Crippen LogP contribution in [0.25, 0.3) is 0 Å². The van der Waals surface area contributed by atoms with Crippen molar-refractivity contribution < 1.29 is 263 Å². The van der Waals surface area contributed by atoms with Gasteiger partial charge in [0.1, 0.15) is 5.75 Å². The molecule has 0 amide bonds. The highest BCUT2D eigenvalue weighted by Gasteiger charge is 2.83. The third kappa shape index (κ3) is 43.2. The van der Waals surface area contributed by atoms with Crippen LogP contribution in [-0.4, -0.2) is 154 Å². The molecule has 548 valence electrons. The van der Waals surface area contributed by atoms with Crippen LogP contribution in [0.4, 0.5) is 184 Å². The molecule has 0 aromatic heterocycles. The maximum Gasteiger partial charge on any atom is 0.476 e. The van der Waals surface area contributed by atoms with E-state index in [1.165, 1.54) is 4.74 Å². The molecule has 18 nitrogen and oxygen atoms in total. The molecule has 0 saturated heterocycles. The van der Waals surface area contributed by atoms with Crippen molar-refractivity contribution >= 4 is 62.9 Å². The molecular formula is C23H11F43O18S6. The maximum absolute atomic E-state index is 14.0. The monoisotopic (exact) mass is 1580 g/mol. The molecule has 0 aliphatic heterocycles. The van der Waals surface area contributed by atoms with Crippen LogP contribution in [0, 0.1) is 0 Å². The molecule has 0 spiro atoms. The lowest BCUT2D eigenvalue weighted by molar-refractivity contribution is -0.544. The molecule has 0 radical (unpaired) electrons. The van der Waals surface area contributed by atoms with E-state index < -0.39 is 203 Å². The first-order valence-electron chi connectivity index (χ1n) is 17.1. The van der Waals surface area contributed by atoms with Gasteiger partial charge in [-0.15, -0.1) is 3.89 Å². The summed E-state index contributed by atoms with van der Waals surface area (Å²) in [5.41, 5.74) is 0. The van der Waals surface area contributed by atoms with Crippen LogP contribution in [0.2, 0.25) is 0 Å². The smallest absolute Gasteiger partial charge is 0.398 e. The lowest BCUT2D eigenvalue weighted by Gasteiger charge is -2.39. The van der Waals surface area contributed by atoms with Crippen molar-refractivity contribution in [3.8, 4) is 0 Å². The molecule has 0 saturated carbocycles. The molecule has 0 heterocycles. The first kappa shape index (κ1) is 98.9. The van der Waals surface area contributed by atoms with Gasteiger partial charge in [0, 0.05) is 6.08 Å². The Kier molecular flexibility index (Phi) is 37.9. The quantitative estimate of drug-likeness (QED) is 0.0467. The zero-order valence-corrected chi connectivity index (χ0v) is 43.6. The molecule has 0 aromatic carbocycles. The lowest BCUT2D eigenvalue weighted by atomic mass is 10.1. The maximum atomic E-state index is 14.0. The lowest BCUT2D eigenvalue weighted by Crippen LogP contribution is -2.66. The first-order valence-corrected chi connectivity index (χ1v) is 25.2. The Balaban J connectivity index is -0.000000203. The largest absolute Gasteiger partial charge is 0.476 e. The average Bonchev–Trinajstić information content (AvgIpc) is 3.21. The third-order valence-corrected chi connectivity index (χ3v) is 7.04. The Bertz CT molecular complexity index is 2890. The van der Waals surface area contributed by atoms with Crippen LogP contribution in [0.3, 0.4) is 0 Å². The van der Waals surface area contributed by atoms with Gasteiger partial charge in [0.05, 0.1) is 0 Å². The fourth-order valence-corrected chi connectivity index (χ4v) is 3.76. The fourth-order valence-electron chi connectivity index (χ4n) is 2.82. The van der Waals surface area contributed by atoms with Crippen LogP contribution < -0.4 is 0 Å². The summed E-state index contributed by atoms with van der Waals surface area (Å²) < 4.78 is 637. The second-order valence-electron chi connectivity index (χ2n) is 12.5. The van der Waals surface area contributed by atoms with Gasteiger partial charge in [-0.2, -0.15) is 173 Å². The highest BCUT2D eigenvalue weighted by atomic mass is 32.3. The van der Waals surface area contributed by atoms with Crippen LogP contribution >= 0.6 is 0 Å². The van der Waals surface area contributed by atoms with E-state index in [0.717, 1.165) is 0 Å². The summed E-state index contributed by atoms with van der Waals surface area (Å²) in [6, 6.07) is -7.69. The van der Waals surface area contributed by atoms with E-state index in [1.54, 1.807) is 0 Å². The predicted octanol–water partition coefficient (Wildman–Crippen LogP) is 12.4. The van der Waals surface area contributed by atoms with Crippen LogP contribution in [0.1, 0.15) is 0 Å². The van der Waals surface area contributed by atoms with Crippen molar-refractivity contribution in [3.63, 3.8) is 0 Å². The van der Waals surface area contributed by atoms with Gasteiger partial charge in [-0.1, -0.05) is 35.0 Å². The van der Waals surface area contributed by atoms with E-state index in [0.29, 0.717) is 0 Å². The molecule has 0 N–H and O–H groups in total. The van der Waals surface area contributed by atoms with E-state index in [2.05, 4.69) is 14.2 Å². The number of ether oxygens (including phenoxy) is 6. The van der Waals surface area contributed by atoms with Gasteiger partial charge in [0.2, 0.25) is 0 Å². The van der Waals surface area contributed by atoms with Crippen molar-refractivity contribution in [2.24, 2.45) is 0 Å². The van der Waals surface area contributed by atoms with E-state index in [1.807, 2.05) is 9.47 Å². The Labute approximate surface area is 465 Å². The summed E-state index contributed by atoms with van der Waals surface area (Å²) in [7, 11) is -36.4. The Hall–Kier alpha value is -4.65. The minimum atomic E-state index is -7.98. The molecule has 3 atom stereocenters. The van der Waals surface area contributed by atoms with Gasteiger partial charge in [-0.25, -0.2) is 26.7 Å². The van der Waals surface area contributed by atoms with Crippen molar-refractivity contribution in [2.45, 2.75) is 71.5 Å². The Morgan fingerprint density at radius 2 is 0.578 bits per heavy atom. The SMILES string of the molecule is FCC(F)(F)OC(F)(C(F)(F)CF)C(F)(F)OC(F)=C(F)F.O=S(=O)(F)C(F)(F)C(F)(F)OC(F)(F)C(F)(OC(F)(F)CF)C(F)(F)OC(F)=C(F)F.O=S(=O)(F)CC(F)(C=C(F)F)OC(F)(F)CF.O=S(=O)(F)F.O=S(=O)(F)F.O=S(=O)(F)F.O=S(=O)(F)F. The normalized spacial score (nSPS) is 15.4. The van der Waals surface area contributed by atoms with Crippen molar-refractivity contribution in [2.75, 3.05) is 32.5 Å². The van der Waals surface area contributed by atoms with Crippen LogP contribution in [0.15, 0.2) is 36.3 Å². The van der Waals surface area contributed by atoms with Gasteiger partial charge in [-0.05, 0) is 0 Å². The summed E-state index contributed by atoms with van der Waals surface area (Å²) >= 11 is 0. The molecule has 67 heteroatoms. The van der Waals surface area contributed by atoms with Crippen molar-refractivity contribution in [1.29, 1.82) is 0 Å². The minimum absolute atomic E-state index is 0.992. The number of halogens is 43. The number of hydrogen-bond donors (Lipinski definition) is 0. The summed E-state index contributed by atoms with van der Waals surface area (Å²) in [6.45, 7) is -12.7. The molecule has 0 fully saturated rings. The topological polar surface area (TPSA) is 260 Å². The third-order valence-electron chi connectivity index (χ3n) is 5.45. The summed E-state index contributed by atoms with van der Waals surface area (Å²) in [4.78, 5) is 0. The van der Waals surface area contributed by atoms with Gasteiger partial charge in [0.25, 0.3) is 11.9 Å². The molecule has 90 heavy (non-hydrogen) atoms. The summed E-state index contributed by atoms with van der Waals surface area (Å²) in [5, 5.41) is -7.46. The molecule has 0 aliphatic rings. The highest BCUT2D eigenvalue weighted by Crippen LogP contribution is 2.55. The number of alkyl halides is 25. The van der Waals surface area contributed by atoms with Gasteiger partial charge < -0.3 is 9.47 Å². The van der Waals surface area contributed by atoms with Crippen LogP contribution in [0.5, 0.6) is 0 Å². The zero-order valence-electron chi connectivity index (χ0n) is 38.7. The molecule has 3 unspecified atom stereocenters. The standard InChI is InChI=1S/C9H2F16O5S.C8H4F12O2.C6H5F7O3S.4F2O2S/c10-1-4(14,15)29-5(16,6(17,18)28-3(13)2(11)12)7(19,20)30-8(21,22)9(23,24)31(25,26)27;9-1-5(14,15)7(18,22-6(16,17)2-10)8(19,20)21-4(13)3(11)12;7-2-6(11,12)16-5(10,1-4(8)9)3-17(13,14)15;4*1-5(2,3)4/h1H2;1-2H2;1H,2-3H2;;;;.